The summed E-state index contributed by atoms with van der Waals surface area (Å²) in [7, 11) is 0. The summed E-state index contributed by atoms with van der Waals surface area (Å²) in [5.74, 6) is -0.332. The number of benzene rings is 2. The zero-order valence-electron chi connectivity index (χ0n) is 11.4. The van der Waals surface area contributed by atoms with Crippen molar-refractivity contribution in [3.8, 4) is 17.3 Å². The molecule has 0 bridgehead atoms. The van der Waals surface area contributed by atoms with Gasteiger partial charge in [0, 0.05) is 11.1 Å². The maximum absolute atomic E-state index is 13.8. The van der Waals surface area contributed by atoms with Gasteiger partial charge in [-0.15, -0.1) is 5.10 Å². The van der Waals surface area contributed by atoms with Crippen LogP contribution in [0.3, 0.4) is 0 Å². The van der Waals surface area contributed by atoms with E-state index in [0.29, 0.717) is 21.8 Å². The van der Waals surface area contributed by atoms with Gasteiger partial charge in [-0.2, -0.15) is 5.26 Å². The molecule has 3 aromatic rings. The van der Waals surface area contributed by atoms with Gasteiger partial charge in [0.05, 0.1) is 11.6 Å². The molecule has 0 N–H and O–H groups in total. The molecule has 2 aromatic carbocycles. The van der Waals surface area contributed by atoms with Crippen LogP contribution >= 0.6 is 11.6 Å². The molecule has 0 aliphatic heterocycles. The molecule has 22 heavy (non-hydrogen) atoms. The second-order valence-corrected chi connectivity index (χ2v) is 5.03. The van der Waals surface area contributed by atoms with Crippen molar-refractivity contribution in [1.29, 1.82) is 5.26 Å². The Bertz CT molecular complexity index is 867. The van der Waals surface area contributed by atoms with E-state index in [2.05, 4.69) is 10.3 Å². The van der Waals surface area contributed by atoms with Crippen LogP contribution in [-0.2, 0) is 6.54 Å². The zero-order valence-corrected chi connectivity index (χ0v) is 12.1. The van der Waals surface area contributed by atoms with E-state index in [-0.39, 0.29) is 18.1 Å². The van der Waals surface area contributed by atoms with Crippen LogP contribution in [0, 0.1) is 17.1 Å². The number of nitriles is 1. The summed E-state index contributed by atoms with van der Waals surface area (Å²) in [6.45, 7) is 0.169. The van der Waals surface area contributed by atoms with Crippen LogP contribution < -0.4 is 0 Å². The van der Waals surface area contributed by atoms with Crippen molar-refractivity contribution in [3.05, 3.63) is 70.6 Å². The summed E-state index contributed by atoms with van der Waals surface area (Å²) in [6, 6.07) is 15.5. The van der Waals surface area contributed by atoms with Gasteiger partial charge in [-0.25, -0.2) is 9.07 Å². The second kappa shape index (κ2) is 5.96. The molecule has 3 rings (SSSR count). The normalized spacial score (nSPS) is 10.4. The van der Waals surface area contributed by atoms with E-state index in [1.807, 2.05) is 12.1 Å². The molecule has 0 saturated carbocycles. The van der Waals surface area contributed by atoms with Crippen molar-refractivity contribution in [2.24, 2.45) is 0 Å². The third kappa shape index (κ3) is 2.57. The number of aromatic nitrogens is 3. The number of rotatable bonds is 3. The van der Waals surface area contributed by atoms with E-state index in [9.17, 15) is 9.65 Å². The Hall–Kier alpha value is -2.71. The minimum absolute atomic E-state index is 0.157. The molecule has 0 fully saturated rings. The van der Waals surface area contributed by atoms with Gasteiger partial charge in [0.25, 0.3) is 0 Å². The maximum Gasteiger partial charge on any atom is 0.190 e. The first-order chi connectivity index (χ1) is 10.7. The van der Waals surface area contributed by atoms with Crippen LogP contribution in [0.2, 0.25) is 5.02 Å². The minimum Gasteiger partial charge on any atom is -0.239 e. The molecule has 108 valence electrons. The van der Waals surface area contributed by atoms with E-state index in [1.165, 1.54) is 10.7 Å². The second-order valence-electron chi connectivity index (χ2n) is 4.63. The molecular weight excluding hydrogens is 303 g/mol. The highest BCUT2D eigenvalue weighted by molar-refractivity contribution is 6.33. The Morgan fingerprint density at radius 3 is 2.59 bits per heavy atom. The molecule has 0 aliphatic rings. The topological polar surface area (TPSA) is 54.5 Å². The Morgan fingerprint density at radius 2 is 1.86 bits per heavy atom. The first kappa shape index (κ1) is 14.2. The highest BCUT2D eigenvalue weighted by Gasteiger charge is 2.18. The molecule has 1 heterocycles. The van der Waals surface area contributed by atoms with Gasteiger partial charge < -0.3 is 0 Å². The van der Waals surface area contributed by atoms with Crippen LogP contribution in [0.25, 0.3) is 11.3 Å². The van der Waals surface area contributed by atoms with Gasteiger partial charge in [0.15, 0.2) is 5.69 Å². The summed E-state index contributed by atoms with van der Waals surface area (Å²) < 4.78 is 15.3. The largest absolute Gasteiger partial charge is 0.239 e. The van der Waals surface area contributed by atoms with Crippen molar-refractivity contribution in [2.45, 2.75) is 6.54 Å². The monoisotopic (exact) mass is 312 g/mol. The van der Waals surface area contributed by atoms with Gasteiger partial charge in [-0.1, -0.05) is 53.2 Å². The van der Waals surface area contributed by atoms with Crippen LogP contribution in [0.5, 0.6) is 0 Å². The molecule has 1 aromatic heterocycles. The van der Waals surface area contributed by atoms with Gasteiger partial charge in [-0.3, -0.25) is 0 Å². The Labute approximate surface area is 131 Å². The van der Waals surface area contributed by atoms with E-state index in [4.69, 9.17) is 11.6 Å². The molecule has 6 heteroatoms. The SMILES string of the molecule is N#Cc1nnn(Cc2ccccc2F)c1-c1ccccc1Cl. The predicted molar refractivity (Wildman–Crippen MR) is 80.7 cm³/mol. The molecule has 4 nitrogen and oxygen atoms in total. The number of hydrogen-bond donors (Lipinski definition) is 0. The Balaban J connectivity index is 2.11. The van der Waals surface area contributed by atoms with Crippen molar-refractivity contribution in [3.63, 3.8) is 0 Å². The van der Waals surface area contributed by atoms with Crippen molar-refractivity contribution >= 4 is 11.6 Å². The average molecular weight is 313 g/mol. The van der Waals surface area contributed by atoms with Crippen molar-refractivity contribution in [1.82, 2.24) is 15.0 Å². The zero-order chi connectivity index (χ0) is 15.5. The lowest BCUT2D eigenvalue weighted by molar-refractivity contribution is 0.579. The van der Waals surface area contributed by atoms with Crippen LogP contribution in [0.15, 0.2) is 48.5 Å². The third-order valence-electron chi connectivity index (χ3n) is 3.25. The lowest BCUT2D eigenvalue weighted by Gasteiger charge is -2.09. The lowest BCUT2D eigenvalue weighted by Crippen LogP contribution is -2.06. The van der Waals surface area contributed by atoms with Crippen molar-refractivity contribution in [2.75, 3.05) is 0 Å². The lowest BCUT2D eigenvalue weighted by atomic mass is 10.1. The quantitative estimate of drug-likeness (QED) is 0.741. The van der Waals surface area contributed by atoms with Crippen LogP contribution in [0.1, 0.15) is 11.3 Å². The van der Waals surface area contributed by atoms with E-state index >= 15 is 0 Å². The highest BCUT2D eigenvalue weighted by Crippen LogP contribution is 2.29. The Morgan fingerprint density at radius 1 is 1.14 bits per heavy atom. The van der Waals surface area contributed by atoms with Gasteiger partial charge >= 0.3 is 0 Å². The van der Waals surface area contributed by atoms with E-state index < -0.39 is 0 Å². The molecular formula is C16H10ClFN4. The molecule has 0 radical (unpaired) electrons. The number of nitrogens with zero attached hydrogens (tertiary/aromatic N) is 4. The number of hydrogen-bond acceptors (Lipinski definition) is 3. The van der Waals surface area contributed by atoms with E-state index in [0.717, 1.165) is 0 Å². The molecule has 0 amide bonds. The smallest absolute Gasteiger partial charge is 0.190 e. The number of halogens is 2. The molecule has 0 aliphatic carbocycles. The first-order valence-corrected chi connectivity index (χ1v) is 6.90. The van der Waals surface area contributed by atoms with Gasteiger partial charge in [0.2, 0.25) is 0 Å². The fraction of sp³-hybridized carbons (Fsp3) is 0.0625. The van der Waals surface area contributed by atoms with Crippen LogP contribution in [-0.4, -0.2) is 15.0 Å². The first-order valence-electron chi connectivity index (χ1n) is 6.52. The summed E-state index contributed by atoms with van der Waals surface area (Å²) in [5.41, 5.74) is 1.74. The molecule has 0 unspecified atom stereocenters. The van der Waals surface area contributed by atoms with Crippen molar-refractivity contribution < 1.29 is 4.39 Å². The minimum atomic E-state index is -0.332. The third-order valence-corrected chi connectivity index (χ3v) is 3.58. The fourth-order valence-corrected chi connectivity index (χ4v) is 2.43. The molecule has 0 spiro atoms. The van der Waals surface area contributed by atoms with Gasteiger partial charge in [-0.05, 0) is 12.1 Å². The molecule has 0 saturated heterocycles. The maximum atomic E-state index is 13.8. The standard InChI is InChI=1S/C16H10ClFN4/c17-13-7-3-2-6-12(13)16-15(9-19)20-21-22(16)10-11-5-1-4-8-14(11)18/h1-8H,10H2. The predicted octanol–water partition coefficient (Wildman–Crippen LogP) is 3.66. The van der Waals surface area contributed by atoms with E-state index in [1.54, 1.807) is 36.4 Å². The molecule has 0 atom stereocenters. The summed E-state index contributed by atoms with van der Waals surface area (Å²) in [4.78, 5) is 0. The summed E-state index contributed by atoms with van der Waals surface area (Å²) in [6.07, 6.45) is 0. The summed E-state index contributed by atoms with van der Waals surface area (Å²) in [5, 5.41) is 17.5. The van der Waals surface area contributed by atoms with Gasteiger partial charge in [0.1, 0.15) is 17.6 Å². The highest BCUT2D eigenvalue weighted by atomic mass is 35.5. The average Bonchev–Trinajstić information content (AvgIpc) is 2.93. The van der Waals surface area contributed by atoms with Crippen LogP contribution in [0.4, 0.5) is 4.39 Å². The Kier molecular flexibility index (Phi) is 3.86. The summed E-state index contributed by atoms with van der Waals surface area (Å²) >= 11 is 6.20. The fourth-order valence-electron chi connectivity index (χ4n) is 2.21.